The number of benzene rings is 3. The van der Waals surface area contributed by atoms with E-state index in [1.54, 1.807) is 60.7 Å². The molecule has 0 fully saturated rings. The van der Waals surface area contributed by atoms with Crippen LogP contribution in [0.3, 0.4) is 0 Å². The third-order valence-electron chi connectivity index (χ3n) is 4.55. The van der Waals surface area contributed by atoms with Crippen LogP contribution in [-0.2, 0) is 9.84 Å². The van der Waals surface area contributed by atoms with Crippen LogP contribution in [0.1, 0.15) is 16.5 Å². The van der Waals surface area contributed by atoms with Gasteiger partial charge in [-0.25, -0.2) is 18.4 Å². The molecule has 0 spiro atoms. The Bertz CT molecular complexity index is 1350. The number of ether oxygens (including phenoxy) is 1. The highest BCUT2D eigenvalue weighted by atomic mass is 32.2. The van der Waals surface area contributed by atoms with Crippen molar-refractivity contribution in [1.82, 2.24) is 9.97 Å². The number of rotatable bonds is 5. The average molecular weight is 415 g/mol. The molecule has 3 aromatic carbocycles. The summed E-state index contributed by atoms with van der Waals surface area (Å²) in [6.45, 7) is 1.86. The number of sulfone groups is 1. The molecule has 1 aromatic heterocycles. The van der Waals surface area contributed by atoms with Crippen LogP contribution in [0.2, 0.25) is 0 Å². The topological polar surface area (TPSA) is 92.9 Å². The number of hydrogen-bond donors (Lipinski definition) is 0. The number of fused-ring (bicyclic) bond motifs is 1. The third kappa shape index (κ3) is 3.73. The van der Waals surface area contributed by atoms with Crippen LogP contribution in [0.15, 0.2) is 83.8 Å². The van der Waals surface area contributed by atoms with Gasteiger partial charge in [-0.05, 0) is 43.3 Å². The van der Waals surface area contributed by atoms with E-state index in [1.807, 2.05) is 19.1 Å². The van der Waals surface area contributed by atoms with Crippen LogP contribution in [0, 0.1) is 18.3 Å². The number of aromatic nitrogens is 2. The van der Waals surface area contributed by atoms with E-state index in [9.17, 15) is 13.7 Å². The molecule has 0 saturated heterocycles. The summed E-state index contributed by atoms with van der Waals surface area (Å²) in [5, 5.41) is 8.27. The summed E-state index contributed by atoms with van der Waals surface area (Å²) in [7, 11) is -4.05. The van der Waals surface area contributed by atoms with Gasteiger partial charge in [-0.2, -0.15) is 5.26 Å². The number of hydrogen-bond acceptors (Lipinski definition) is 6. The summed E-state index contributed by atoms with van der Waals surface area (Å²) in [6.07, 6.45) is 0. The standard InChI is InChI=1S/C23H17N3O3S/c1-16-11-13-18(14-12-16)30(27,28)21(15-24)22-23(29-17-7-3-2-4-8-17)26-20-10-6-5-9-19(20)25-22/h2-14,21H,1H3/t21-/m0/s1. The first kappa shape index (κ1) is 19.6. The van der Waals surface area contributed by atoms with Gasteiger partial charge in [0.2, 0.25) is 15.7 Å². The Morgan fingerprint density at radius 3 is 2.10 bits per heavy atom. The molecule has 1 heterocycles. The fourth-order valence-electron chi connectivity index (χ4n) is 2.99. The van der Waals surface area contributed by atoms with Crippen molar-refractivity contribution in [2.45, 2.75) is 17.1 Å². The Kier molecular flexibility index (Phi) is 5.17. The van der Waals surface area contributed by atoms with Crippen molar-refractivity contribution in [1.29, 1.82) is 5.26 Å². The average Bonchev–Trinajstić information content (AvgIpc) is 2.75. The Morgan fingerprint density at radius 2 is 1.47 bits per heavy atom. The van der Waals surface area contributed by atoms with Gasteiger partial charge in [0.1, 0.15) is 11.4 Å². The van der Waals surface area contributed by atoms with Crippen molar-refractivity contribution >= 4 is 20.9 Å². The Labute approximate surface area is 174 Å². The quantitative estimate of drug-likeness (QED) is 0.466. The first-order valence-electron chi connectivity index (χ1n) is 9.19. The van der Waals surface area contributed by atoms with E-state index in [0.29, 0.717) is 16.8 Å². The van der Waals surface area contributed by atoms with E-state index in [-0.39, 0.29) is 16.5 Å². The summed E-state index contributed by atoms with van der Waals surface area (Å²) in [5.41, 5.74) is 1.89. The molecule has 148 valence electrons. The Morgan fingerprint density at radius 1 is 0.867 bits per heavy atom. The molecule has 4 rings (SSSR count). The molecule has 0 amide bonds. The van der Waals surface area contributed by atoms with E-state index in [4.69, 9.17) is 4.74 Å². The predicted octanol–water partition coefficient (Wildman–Crippen LogP) is 4.77. The molecule has 0 saturated carbocycles. The minimum Gasteiger partial charge on any atom is -0.437 e. The summed E-state index contributed by atoms with van der Waals surface area (Å²) < 4.78 is 32.4. The van der Waals surface area contributed by atoms with Gasteiger partial charge in [-0.3, -0.25) is 0 Å². The van der Waals surface area contributed by atoms with E-state index in [1.165, 1.54) is 12.1 Å². The van der Waals surface area contributed by atoms with Crippen molar-refractivity contribution in [2.75, 3.05) is 0 Å². The van der Waals surface area contributed by atoms with Crippen LogP contribution >= 0.6 is 0 Å². The van der Waals surface area contributed by atoms with Crippen LogP contribution in [-0.4, -0.2) is 18.4 Å². The molecule has 0 unspecified atom stereocenters. The molecule has 1 atom stereocenters. The molecule has 0 N–H and O–H groups in total. The SMILES string of the molecule is Cc1ccc(S(=O)(=O)[C@@H](C#N)c2nc3ccccc3nc2Oc2ccccc2)cc1. The lowest BCUT2D eigenvalue weighted by molar-refractivity contribution is 0.455. The first-order valence-corrected chi connectivity index (χ1v) is 10.7. The monoisotopic (exact) mass is 415 g/mol. The number of nitriles is 1. The van der Waals surface area contributed by atoms with Crippen LogP contribution in [0.5, 0.6) is 11.6 Å². The highest BCUT2D eigenvalue weighted by molar-refractivity contribution is 7.92. The van der Waals surface area contributed by atoms with Gasteiger partial charge in [-0.1, -0.05) is 48.0 Å². The van der Waals surface area contributed by atoms with Crippen LogP contribution in [0.25, 0.3) is 11.0 Å². The third-order valence-corrected chi connectivity index (χ3v) is 6.43. The van der Waals surface area contributed by atoms with E-state index in [2.05, 4.69) is 9.97 Å². The first-order chi connectivity index (χ1) is 14.5. The second-order valence-corrected chi connectivity index (χ2v) is 8.72. The molecule has 0 aliphatic heterocycles. The van der Waals surface area contributed by atoms with Crippen molar-refractivity contribution < 1.29 is 13.2 Å². The maximum Gasteiger partial charge on any atom is 0.244 e. The lowest BCUT2D eigenvalue weighted by atomic mass is 10.2. The largest absolute Gasteiger partial charge is 0.437 e. The van der Waals surface area contributed by atoms with Gasteiger partial charge < -0.3 is 4.74 Å². The smallest absolute Gasteiger partial charge is 0.244 e. The Hall–Kier alpha value is -3.76. The highest BCUT2D eigenvalue weighted by Crippen LogP contribution is 2.35. The minimum absolute atomic E-state index is 0.0119. The van der Waals surface area contributed by atoms with Gasteiger partial charge >= 0.3 is 0 Å². The van der Waals surface area contributed by atoms with Crippen molar-refractivity contribution in [3.63, 3.8) is 0 Å². The van der Waals surface area contributed by atoms with Crippen molar-refractivity contribution in [3.05, 3.63) is 90.1 Å². The summed E-state index contributed by atoms with van der Waals surface area (Å²) in [5.74, 6) is 0.454. The molecule has 0 radical (unpaired) electrons. The Balaban J connectivity index is 1.89. The van der Waals surface area contributed by atoms with E-state index >= 15 is 0 Å². The predicted molar refractivity (Wildman–Crippen MR) is 113 cm³/mol. The van der Waals surface area contributed by atoms with Crippen molar-refractivity contribution in [3.8, 4) is 17.7 Å². The molecule has 7 heteroatoms. The van der Waals surface area contributed by atoms with Gasteiger partial charge in [0.05, 0.1) is 22.0 Å². The second-order valence-electron chi connectivity index (χ2n) is 6.69. The van der Waals surface area contributed by atoms with Gasteiger partial charge in [0.15, 0.2) is 5.25 Å². The molecule has 4 aromatic rings. The minimum atomic E-state index is -4.05. The van der Waals surface area contributed by atoms with E-state index < -0.39 is 15.1 Å². The number of aryl methyl sites for hydroxylation is 1. The normalized spacial score (nSPS) is 12.3. The number of para-hydroxylation sites is 3. The second kappa shape index (κ2) is 7.93. The van der Waals surface area contributed by atoms with E-state index in [0.717, 1.165) is 5.56 Å². The van der Waals surface area contributed by atoms with Crippen LogP contribution < -0.4 is 4.74 Å². The summed E-state index contributed by atoms with van der Waals surface area (Å²) in [6, 6.07) is 24.1. The molecule has 0 aliphatic carbocycles. The van der Waals surface area contributed by atoms with Gasteiger partial charge in [-0.15, -0.1) is 0 Å². The maximum absolute atomic E-state index is 13.3. The maximum atomic E-state index is 13.3. The summed E-state index contributed by atoms with van der Waals surface area (Å²) >= 11 is 0. The zero-order chi connectivity index (χ0) is 21.1. The lowest BCUT2D eigenvalue weighted by Crippen LogP contribution is -2.15. The molecule has 0 aliphatic rings. The molecule has 6 nitrogen and oxygen atoms in total. The highest BCUT2D eigenvalue weighted by Gasteiger charge is 2.34. The van der Waals surface area contributed by atoms with Crippen molar-refractivity contribution in [2.24, 2.45) is 0 Å². The fourth-order valence-corrected chi connectivity index (χ4v) is 4.36. The fraction of sp³-hybridized carbons (Fsp3) is 0.0870. The molecular weight excluding hydrogens is 398 g/mol. The van der Waals surface area contributed by atoms with Crippen LogP contribution in [0.4, 0.5) is 0 Å². The molecule has 0 bridgehead atoms. The van der Waals surface area contributed by atoms with Gasteiger partial charge in [0, 0.05) is 0 Å². The molecular formula is C23H17N3O3S. The summed E-state index contributed by atoms with van der Waals surface area (Å²) in [4.78, 5) is 8.96. The zero-order valence-electron chi connectivity index (χ0n) is 16.1. The van der Waals surface area contributed by atoms with Gasteiger partial charge in [0.25, 0.3) is 0 Å². The number of nitrogens with zero attached hydrogens (tertiary/aromatic N) is 3. The lowest BCUT2D eigenvalue weighted by Gasteiger charge is -2.15. The zero-order valence-corrected chi connectivity index (χ0v) is 16.9. The molecule has 30 heavy (non-hydrogen) atoms.